The van der Waals surface area contributed by atoms with E-state index in [-0.39, 0.29) is 24.0 Å². The van der Waals surface area contributed by atoms with E-state index < -0.39 is 17.8 Å². The van der Waals surface area contributed by atoms with Crippen LogP contribution in [0.25, 0.3) is 0 Å². The third-order valence-corrected chi connectivity index (χ3v) is 5.88. The van der Waals surface area contributed by atoms with Gasteiger partial charge in [0.25, 0.3) is 5.91 Å². The third kappa shape index (κ3) is 4.79. The SMILES string of the molecule is O=C(Nc1ncc(Cc2cccc(C(F)(F)F)c2)s1)[C@@H]1CCCN1C(=O)c1ccco1. The quantitative estimate of drug-likeness (QED) is 0.618. The van der Waals surface area contributed by atoms with Gasteiger partial charge >= 0.3 is 6.18 Å². The number of benzene rings is 1. The summed E-state index contributed by atoms with van der Waals surface area (Å²) in [6.45, 7) is 0.455. The standard InChI is InChI=1S/C21H18F3N3O3S/c22-21(23,24)14-5-1-4-13(10-14)11-15-12-25-20(31-15)26-18(28)16-6-2-8-27(16)19(29)17-7-3-9-30-17/h1,3-5,7,9-10,12,16H,2,6,8,11H2,(H,25,26,28)/t16-/m0/s1. The van der Waals surface area contributed by atoms with Gasteiger partial charge in [-0.15, -0.1) is 11.3 Å². The molecular weight excluding hydrogens is 431 g/mol. The van der Waals surface area contributed by atoms with E-state index in [0.717, 1.165) is 12.1 Å². The van der Waals surface area contributed by atoms with Crippen LogP contribution < -0.4 is 5.32 Å². The number of alkyl halides is 3. The van der Waals surface area contributed by atoms with E-state index in [0.29, 0.717) is 35.0 Å². The zero-order chi connectivity index (χ0) is 22.0. The van der Waals surface area contributed by atoms with Gasteiger partial charge in [-0.25, -0.2) is 4.98 Å². The zero-order valence-corrected chi connectivity index (χ0v) is 17.0. The van der Waals surface area contributed by atoms with Crippen molar-refractivity contribution in [3.05, 3.63) is 70.6 Å². The maximum Gasteiger partial charge on any atom is 0.416 e. The number of hydrogen-bond acceptors (Lipinski definition) is 5. The smallest absolute Gasteiger partial charge is 0.416 e. The number of carbonyl (C=O) groups excluding carboxylic acids is 2. The molecule has 0 aliphatic carbocycles. The first kappa shape index (κ1) is 21.1. The van der Waals surface area contributed by atoms with E-state index in [1.807, 2.05) is 0 Å². The molecule has 2 aromatic heterocycles. The van der Waals surface area contributed by atoms with Gasteiger partial charge in [0.15, 0.2) is 10.9 Å². The lowest BCUT2D eigenvalue weighted by molar-refractivity contribution is -0.137. The summed E-state index contributed by atoms with van der Waals surface area (Å²) in [6, 6.07) is 7.65. The van der Waals surface area contributed by atoms with Crippen LogP contribution in [0.2, 0.25) is 0 Å². The first-order chi connectivity index (χ1) is 14.8. The van der Waals surface area contributed by atoms with Crippen LogP contribution in [-0.2, 0) is 17.4 Å². The maximum atomic E-state index is 12.9. The Morgan fingerprint density at radius 2 is 2.10 bits per heavy atom. The zero-order valence-electron chi connectivity index (χ0n) is 16.2. The number of anilines is 1. The van der Waals surface area contributed by atoms with Gasteiger partial charge < -0.3 is 14.6 Å². The van der Waals surface area contributed by atoms with Crippen LogP contribution in [0.3, 0.4) is 0 Å². The van der Waals surface area contributed by atoms with Crippen molar-refractivity contribution in [2.45, 2.75) is 31.5 Å². The van der Waals surface area contributed by atoms with E-state index in [2.05, 4.69) is 10.3 Å². The number of carbonyl (C=O) groups is 2. The van der Waals surface area contributed by atoms with E-state index in [1.165, 1.54) is 34.8 Å². The van der Waals surface area contributed by atoms with E-state index >= 15 is 0 Å². The minimum absolute atomic E-state index is 0.178. The summed E-state index contributed by atoms with van der Waals surface area (Å²) in [5.74, 6) is -0.512. The van der Waals surface area contributed by atoms with Gasteiger partial charge in [-0.3, -0.25) is 9.59 Å². The Labute approximate surface area is 179 Å². The summed E-state index contributed by atoms with van der Waals surface area (Å²) >= 11 is 1.19. The average Bonchev–Trinajstić information content (AvgIpc) is 3.49. The second-order valence-corrected chi connectivity index (χ2v) is 8.24. The molecule has 0 saturated carbocycles. The van der Waals surface area contributed by atoms with Gasteiger partial charge in [0.2, 0.25) is 5.91 Å². The fourth-order valence-corrected chi connectivity index (χ4v) is 4.37. The predicted molar refractivity (Wildman–Crippen MR) is 108 cm³/mol. The normalized spacial score (nSPS) is 16.5. The van der Waals surface area contributed by atoms with Crippen molar-refractivity contribution in [1.29, 1.82) is 0 Å². The lowest BCUT2D eigenvalue weighted by Gasteiger charge is -2.22. The third-order valence-electron chi connectivity index (χ3n) is 4.96. The van der Waals surface area contributed by atoms with Crippen LogP contribution in [0.4, 0.5) is 18.3 Å². The molecule has 162 valence electrons. The number of nitrogens with zero attached hydrogens (tertiary/aromatic N) is 2. The van der Waals surface area contributed by atoms with Crippen LogP contribution >= 0.6 is 11.3 Å². The van der Waals surface area contributed by atoms with Crippen molar-refractivity contribution >= 4 is 28.3 Å². The molecule has 1 fully saturated rings. The van der Waals surface area contributed by atoms with Crippen molar-refractivity contribution < 1.29 is 27.2 Å². The van der Waals surface area contributed by atoms with Crippen molar-refractivity contribution in [3.8, 4) is 0 Å². The maximum absolute atomic E-state index is 12.9. The highest BCUT2D eigenvalue weighted by Gasteiger charge is 2.36. The van der Waals surface area contributed by atoms with Gasteiger partial charge in [-0.05, 0) is 36.6 Å². The van der Waals surface area contributed by atoms with Gasteiger partial charge in [-0.1, -0.05) is 18.2 Å². The average molecular weight is 449 g/mol. The van der Waals surface area contributed by atoms with Crippen molar-refractivity contribution in [1.82, 2.24) is 9.88 Å². The molecule has 1 atom stereocenters. The lowest BCUT2D eigenvalue weighted by atomic mass is 10.1. The minimum atomic E-state index is -4.40. The summed E-state index contributed by atoms with van der Waals surface area (Å²) in [5.41, 5.74) is -0.201. The van der Waals surface area contributed by atoms with E-state index in [1.54, 1.807) is 18.2 Å². The number of hydrogen-bond donors (Lipinski definition) is 1. The molecule has 4 rings (SSSR count). The Kier molecular flexibility index (Phi) is 5.81. The highest BCUT2D eigenvalue weighted by Crippen LogP contribution is 2.31. The Bertz CT molecular complexity index is 1080. The monoisotopic (exact) mass is 449 g/mol. The number of aromatic nitrogens is 1. The molecule has 1 N–H and O–H groups in total. The van der Waals surface area contributed by atoms with Gasteiger partial charge in [0.05, 0.1) is 11.8 Å². The molecule has 31 heavy (non-hydrogen) atoms. The number of likely N-dealkylation sites (tertiary alicyclic amines) is 1. The van der Waals surface area contributed by atoms with Gasteiger partial charge in [0, 0.05) is 24.0 Å². The van der Waals surface area contributed by atoms with E-state index in [9.17, 15) is 22.8 Å². The molecule has 0 unspecified atom stereocenters. The summed E-state index contributed by atoms with van der Waals surface area (Å²) < 4.78 is 43.8. The number of thiazole rings is 1. The second-order valence-electron chi connectivity index (χ2n) is 7.13. The molecular formula is C21H18F3N3O3S. The second kappa shape index (κ2) is 8.54. The summed E-state index contributed by atoms with van der Waals surface area (Å²) in [7, 11) is 0. The summed E-state index contributed by atoms with van der Waals surface area (Å²) in [4.78, 5) is 31.6. The highest BCUT2D eigenvalue weighted by atomic mass is 32.1. The first-order valence-electron chi connectivity index (χ1n) is 9.57. The van der Waals surface area contributed by atoms with Crippen LogP contribution in [0.15, 0.2) is 53.3 Å². The molecule has 10 heteroatoms. The lowest BCUT2D eigenvalue weighted by Crippen LogP contribution is -2.43. The molecule has 1 saturated heterocycles. The fraction of sp³-hybridized carbons (Fsp3) is 0.286. The number of rotatable bonds is 5. The first-order valence-corrected chi connectivity index (χ1v) is 10.4. The molecule has 0 radical (unpaired) electrons. The number of halogens is 3. The van der Waals surface area contributed by atoms with Crippen molar-refractivity contribution in [2.24, 2.45) is 0 Å². The predicted octanol–water partition coefficient (Wildman–Crippen LogP) is 4.59. The number of nitrogens with one attached hydrogen (secondary N) is 1. The fourth-order valence-electron chi connectivity index (χ4n) is 3.52. The molecule has 1 aliphatic rings. The highest BCUT2D eigenvalue weighted by molar-refractivity contribution is 7.15. The van der Waals surface area contributed by atoms with E-state index in [4.69, 9.17) is 4.42 Å². The molecule has 0 bridgehead atoms. The Balaban J connectivity index is 1.41. The Morgan fingerprint density at radius 3 is 2.84 bits per heavy atom. The van der Waals surface area contributed by atoms with Gasteiger partial charge in [-0.2, -0.15) is 13.2 Å². The Morgan fingerprint density at radius 1 is 1.26 bits per heavy atom. The van der Waals surface area contributed by atoms with Crippen LogP contribution in [0.5, 0.6) is 0 Å². The van der Waals surface area contributed by atoms with Crippen molar-refractivity contribution in [2.75, 3.05) is 11.9 Å². The molecule has 3 aromatic rings. The molecule has 1 aliphatic heterocycles. The molecule has 1 aromatic carbocycles. The van der Waals surface area contributed by atoms with Crippen molar-refractivity contribution in [3.63, 3.8) is 0 Å². The number of amides is 2. The number of furan rings is 1. The summed E-state index contributed by atoms with van der Waals surface area (Å²) in [6.07, 6.45) is 0.0257. The van der Waals surface area contributed by atoms with Crippen LogP contribution in [0.1, 0.15) is 39.4 Å². The Hall–Kier alpha value is -3.14. The molecule has 6 nitrogen and oxygen atoms in total. The summed E-state index contributed by atoms with van der Waals surface area (Å²) in [5, 5.41) is 3.06. The topological polar surface area (TPSA) is 75.4 Å². The van der Waals surface area contributed by atoms with Gasteiger partial charge in [0.1, 0.15) is 6.04 Å². The largest absolute Gasteiger partial charge is 0.459 e. The van der Waals surface area contributed by atoms with Crippen LogP contribution in [0, 0.1) is 0 Å². The molecule has 2 amide bonds. The molecule has 0 spiro atoms. The molecule has 3 heterocycles. The van der Waals surface area contributed by atoms with Crippen LogP contribution in [-0.4, -0.2) is 34.3 Å². The minimum Gasteiger partial charge on any atom is -0.459 e.